The quantitative estimate of drug-likeness (QED) is 0.898. The molecule has 0 spiro atoms. The maximum absolute atomic E-state index is 13.2. The number of amides is 1. The summed E-state index contributed by atoms with van der Waals surface area (Å²) in [5, 5.41) is 7.31. The highest BCUT2D eigenvalue weighted by Crippen LogP contribution is 2.22. The fraction of sp³-hybridized carbons (Fsp3) is 0.0833. The van der Waals surface area contributed by atoms with Crippen LogP contribution in [0.2, 0.25) is 0 Å². The highest BCUT2D eigenvalue weighted by molar-refractivity contribution is 7.89. The van der Waals surface area contributed by atoms with E-state index < -0.39 is 21.7 Å². The van der Waals surface area contributed by atoms with Gasteiger partial charge in [0.15, 0.2) is 0 Å². The number of rotatable bonds is 3. The van der Waals surface area contributed by atoms with Gasteiger partial charge in [-0.2, -0.15) is 0 Å². The van der Waals surface area contributed by atoms with Crippen molar-refractivity contribution in [1.82, 2.24) is 0 Å². The molecule has 20 heavy (non-hydrogen) atoms. The van der Waals surface area contributed by atoms with Gasteiger partial charge in [-0.15, -0.1) is 0 Å². The minimum absolute atomic E-state index is 0.217. The first kappa shape index (κ1) is 14.2. The molecule has 1 aromatic carbocycles. The number of halogens is 1. The number of nitrogens with two attached hydrogens (primary N) is 1. The zero-order valence-corrected chi connectivity index (χ0v) is 11.2. The minimum Gasteiger partial charge on any atom is -0.469 e. The van der Waals surface area contributed by atoms with E-state index in [1.165, 1.54) is 12.3 Å². The summed E-state index contributed by atoms with van der Waals surface area (Å²) in [7, 11) is -4.08. The normalized spacial score (nSPS) is 11.3. The lowest BCUT2D eigenvalue weighted by molar-refractivity contribution is 0.102. The predicted octanol–water partition coefficient (Wildman–Crippen LogP) is 1.63. The number of benzene rings is 1. The number of furan rings is 1. The van der Waals surface area contributed by atoms with Crippen LogP contribution in [0.25, 0.3) is 0 Å². The highest BCUT2D eigenvalue weighted by atomic mass is 32.2. The van der Waals surface area contributed by atoms with E-state index in [0.717, 1.165) is 18.2 Å². The largest absolute Gasteiger partial charge is 0.469 e. The number of hydrogen-bond acceptors (Lipinski definition) is 4. The Morgan fingerprint density at radius 2 is 2.05 bits per heavy atom. The summed E-state index contributed by atoms with van der Waals surface area (Å²) in [5.74, 6) is -0.959. The summed E-state index contributed by atoms with van der Waals surface area (Å²) in [6.45, 7) is 1.57. The topological polar surface area (TPSA) is 102 Å². The molecule has 0 aliphatic heterocycles. The van der Waals surface area contributed by atoms with Crippen molar-refractivity contribution in [2.24, 2.45) is 5.14 Å². The summed E-state index contributed by atoms with van der Waals surface area (Å²) in [4.78, 5) is 11.6. The third-order valence-corrected chi connectivity index (χ3v) is 3.57. The molecule has 1 amide bonds. The molecule has 3 N–H and O–H groups in total. The molecule has 0 aliphatic carbocycles. The zero-order chi connectivity index (χ0) is 14.9. The van der Waals surface area contributed by atoms with Gasteiger partial charge in [-0.25, -0.2) is 17.9 Å². The summed E-state index contributed by atoms with van der Waals surface area (Å²) in [6.07, 6.45) is 1.32. The second-order valence-electron chi connectivity index (χ2n) is 4.03. The lowest BCUT2D eigenvalue weighted by Gasteiger charge is -2.09. The van der Waals surface area contributed by atoms with Crippen molar-refractivity contribution < 1.29 is 22.0 Å². The number of anilines is 1. The second-order valence-corrected chi connectivity index (χ2v) is 5.56. The Kier molecular flexibility index (Phi) is 3.60. The van der Waals surface area contributed by atoms with Gasteiger partial charge in [-0.05, 0) is 31.2 Å². The molecule has 1 heterocycles. The Labute approximate surface area is 114 Å². The molecule has 8 heteroatoms. The molecular formula is C12H11FN2O4S. The van der Waals surface area contributed by atoms with Gasteiger partial charge in [-0.1, -0.05) is 0 Å². The van der Waals surface area contributed by atoms with E-state index >= 15 is 0 Å². The van der Waals surface area contributed by atoms with Crippen molar-refractivity contribution in [2.45, 2.75) is 11.8 Å². The van der Waals surface area contributed by atoms with E-state index in [1.807, 2.05) is 0 Å². The number of nitrogens with one attached hydrogen (secondary N) is 1. The van der Waals surface area contributed by atoms with Crippen LogP contribution in [-0.4, -0.2) is 14.3 Å². The Balaban J connectivity index is 2.41. The second kappa shape index (κ2) is 5.06. The van der Waals surface area contributed by atoms with E-state index in [9.17, 15) is 17.6 Å². The molecule has 1 aromatic heterocycles. The molecular weight excluding hydrogens is 287 g/mol. The van der Waals surface area contributed by atoms with E-state index in [4.69, 9.17) is 9.56 Å². The Bertz CT molecular complexity index is 768. The van der Waals surface area contributed by atoms with E-state index in [2.05, 4.69) is 5.32 Å². The van der Waals surface area contributed by atoms with Crippen molar-refractivity contribution in [2.75, 3.05) is 5.32 Å². The highest BCUT2D eigenvalue weighted by Gasteiger charge is 2.18. The van der Waals surface area contributed by atoms with E-state index in [0.29, 0.717) is 5.76 Å². The molecule has 0 saturated heterocycles. The molecule has 0 atom stereocenters. The first-order valence-corrected chi connectivity index (χ1v) is 7.01. The van der Waals surface area contributed by atoms with Crippen LogP contribution in [0.15, 0.2) is 39.8 Å². The van der Waals surface area contributed by atoms with Crippen LogP contribution < -0.4 is 10.5 Å². The summed E-state index contributed by atoms with van der Waals surface area (Å²) in [6, 6.07) is 4.23. The Hall–Kier alpha value is -2.19. The van der Waals surface area contributed by atoms with Gasteiger partial charge in [0.2, 0.25) is 10.0 Å². The number of primary sulfonamides is 1. The molecule has 6 nitrogen and oxygen atoms in total. The van der Waals surface area contributed by atoms with Gasteiger partial charge in [0.1, 0.15) is 16.5 Å². The molecule has 0 fully saturated rings. The van der Waals surface area contributed by atoms with Crippen molar-refractivity contribution in [3.05, 3.63) is 47.7 Å². The van der Waals surface area contributed by atoms with Crippen molar-refractivity contribution in [3.8, 4) is 0 Å². The first-order valence-electron chi connectivity index (χ1n) is 5.47. The average Bonchev–Trinajstić information content (AvgIpc) is 2.73. The third-order valence-electron chi connectivity index (χ3n) is 2.60. The van der Waals surface area contributed by atoms with Gasteiger partial charge in [0.05, 0.1) is 17.5 Å². The zero-order valence-electron chi connectivity index (χ0n) is 10.4. The maximum atomic E-state index is 13.2. The van der Waals surface area contributed by atoms with Gasteiger partial charge < -0.3 is 9.73 Å². The molecule has 0 unspecified atom stereocenters. The summed E-state index contributed by atoms with van der Waals surface area (Å²) >= 11 is 0. The minimum atomic E-state index is -4.08. The van der Waals surface area contributed by atoms with Crippen LogP contribution >= 0.6 is 0 Å². The standard InChI is InChI=1S/C12H11FN2O4S/c1-7-9(4-5-19-7)12(16)15-10-6-8(13)2-3-11(10)20(14,17)18/h2-6H,1H3,(H,15,16)(H2,14,17,18). The fourth-order valence-corrected chi connectivity index (χ4v) is 2.33. The van der Waals surface area contributed by atoms with Crippen LogP contribution in [0, 0.1) is 12.7 Å². The number of hydrogen-bond donors (Lipinski definition) is 2. The van der Waals surface area contributed by atoms with Crippen molar-refractivity contribution >= 4 is 21.6 Å². The molecule has 0 saturated carbocycles. The monoisotopic (exact) mass is 298 g/mol. The lowest BCUT2D eigenvalue weighted by atomic mass is 10.2. The van der Waals surface area contributed by atoms with E-state index in [1.54, 1.807) is 6.92 Å². The van der Waals surface area contributed by atoms with Crippen molar-refractivity contribution in [3.63, 3.8) is 0 Å². The SMILES string of the molecule is Cc1occc1C(=O)Nc1cc(F)ccc1S(N)(=O)=O. The molecule has 106 valence electrons. The van der Waals surface area contributed by atoms with Crippen LogP contribution in [0.4, 0.5) is 10.1 Å². The van der Waals surface area contributed by atoms with Crippen LogP contribution in [0.3, 0.4) is 0 Å². The maximum Gasteiger partial charge on any atom is 0.259 e. The fourth-order valence-electron chi connectivity index (χ4n) is 1.66. The summed E-state index contributed by atoms with van der Waals surface area (Å²) in [5.41, 5.74) is -0.00673. The predicted molar refractivity (Wildman–Crippen MR) is 69.2 cm³/mol. The number of carbonyl (C=O) groups is 1. The van der Waals surface area contributed by atoms with Gasteiger partial charge >= 0.3 is 0 Å². The first-order chi connectivity index (χ1) is 9.29. The smallest absolute Gasteiger partial charge is 0.259 e. The Morgan fingerprint density at radius 1 is 1.35 bits per heavy atom. The molecule has 0 aliphatic rings. The van der Waals surface area contributed by atoms with Crippen LogP contribution in [0.5, 0.6) is 0 Å². The van der Waals surface area contributed by atoms with Crippen molar-refractivity contribution in [1.29, 1.82) is 0 Å². The van der Waals surface area contributed by atoms with Crippen LogP contribution in [-0.2, 0) is 10.0 Å². The molecule has 0 bridgehead atoms. The molecule has 0 radical (unpaired) electrons. The van der Waals surface area contributed by atoms with Gasteiger partial charge in [-0.3, -0.25) is 4.79 Å². The Morgan fingerprint density at radius 3 is 2.60 bits per heavy atom. The van der Waals surface area contributed by atoms with Crippen LogP contribution in [0.1, 0.15) is 16.1 Å². The van der Waals surface area contributed by atoms with E-state index in [-0.39, 0.29) is 16.1 Å². The number of carbonyl (C=O) groups excluding carboxylic acids is 1. The average molecular weight is 298 g/mol. The number of aryl methyl sites for hydroxylation is 1. The summed E-state index contributed by atoms with van der Waals surface area (Å²) < 4.78 is 40.9. The number of sulfonamides is 1. The lowest BCUT2D eigenvalue weighted by Crippen LogP contribution is -2.18. The van der Waals surface area contributed by atoms with Gasteiger partial charge in [0, 0.05) is 0 Å². The molecule has 2 rings (SSSR count). The third kappa shape index (κ3) is 2.86. The van der Waals surface area contributed by atoms with Gasteiger partial charge in [0.25, 0.3) is 5.91 Å². The molecule has 2 aromatic rings.